The lowest BCUT2D eigenvalue weighted by Crippen LogP contribution is -1.94. The van der Waals surface area contributed by atoms with E-state index in [4.69, 9.17) is 5.11 Å². The summed E-state index contributed by atoms with van der Waals surface area (Å²) in [4.78, 5) is 0. The number of rotatable bonds is 3. The van der Waals surface area contributed by atoms with Crippen LogP contribution in [-0.2, 0) is 6.42 Å². The van der Waals surface area contributed by atoms with Crippen molar-refractivity contribution < 1.29 is 14.6 Å². The van der Waals surface area contributed by atoms with Gasteiger partial charge in [0.1, 0.15) is 11.9 Å². The smallest absolute Gasteiger partial charge is 0.122 e. The van der Waals surface area contributed by atoms with Gasteiger partial charge in [-0.25, -0.2) is 4.39 Å². The Labute approximate surface area is 76.6 Å². The molecule has 13 heavy (non-hydrogen) atoms. The summed E-state index contributed by atoms with van der Waals surface area (Å²) in [5, 5.41) is 18.0. The van der Waals surface area contributed by atoms with Gasteiger partial charge in [0.15, 0.2) is 0 Å². The van der Waals surface area contributed by atoms with Crippen LogP contribution in [0.25, 0.3) is 0 Å². The molecule has 3 heteroatoms. The van der Waals surface area contributed by atoms with Crippen LogP contribution in [0.5, 0.6) is 5.75 Å². The van der Waals surface area contributed by atoms with Gasteiger partial charge in [-0.15, -0.1) is 0 Å². The second-order valence-corrected chi connectivity index (χ2v) is 2.98. The highest BCUT2D eigenvalue weighted by Crippen LogP contribution is 2.24. The number of hydrogen-bond acceptors (Lipinski definition) is 2. The largest absolute Gasteiger partial charge is 0.508 e. The van der Waals surface area contributed by atoms with Crippen molar-refractivity contribution in [2.75, 3.05) is 6.61 Å². The van der Waals surface area contributed by atoms with Crippen LogP contribution in [0.4, 0.5) is 4.39 Å². The summed E-state index contributed by atoms with van der Waals surface area (Å²) in [6, 6.07) is 4.58. The maximum absolute atomic E-state index is 12.8. The number of aliphatic hydroxyl groups is 1. The Morgan fingerprint density at radius 2 is 2.15 bits per heavy atom. The Morgan fingerprint density at radius 3 is 2.69 bits per heavy atom. The molecule has 0 spiro atoms. The third kappa shape index (κ3) is 2.42. The molecule has 1 atom stereocenters. The number of benzene rings is 1. The van der Waals surface area contributed by atoms with E-state index in [1.54, 1.807) is 12.1 Å². The molecule has 1 aromatic rings. The minimum atomic E-state index is -1.04. The number of halogens is 1. The lowest BCUT2D eigenvalue weighted by molar-refractivity contribution is 0.297. The fourth-order valence-corrected chi connectivity index (χ4v) is 1.17. The van der Waals surface area contributed by atoms with Crippen molar-refractivity contribution in [2.45, 2.75) is 19.5 Å². The van der Waals surface area contributed by atoms with Crippen molar-refractivity contribution in [3.63, 3.8) is 0 Å². The first-order valence-corrected chi connectivity index (χ1v) is 4.22. The molecule has 0 bridgehead atoms. The molecule has 0 aromatic heterocycles. The Hall–Kier alpha value is -1.09. The fourth-order valence-electron chi connectivity index (χ4n) is 1.17. The van der Waals surface area contributed by atoms with E-state index in [-0.39, 0.29) is 12.4 Å². The first-order valence-electron chi connectivity index (χ1n) is 4.22. The van der Waals surface area contributed by atoms with Gasteiger partial charge in [-0.2, -0.15) is 0 Å². The number of aliphatic hydroxyl groups excluding tert-OH is 1. The predicted molar refractivity (Wildman–Crippen MR) is 48.4 cm³/mol. The zero-order valence-corrected chi connectivity index (χ0v) is 7.50. The molecule has 0 aliphatic heterocycles. The maximum atomic E-state index is 12.8. The standard InChI is InChI=1S/C10H13FO2/c1-7(11)8-2-3-10(13)9(6-8)4-5-12/h2-3,6-7,12-13H,4-5H2,1H3. The van der Waals surface area contributed by atoms with Crippen LogP contribution in [0.1, 0.15) is 24.2 Å². The van der Waals surface area contributed by atoms with Crippen LogP contribution < -0.4 is 0 Å². The van der Waals surface area contributed by atoms with E-state index >= 15 is 0 Å². The first kappa shape index (κ1) is 9.99. The summed E-state index contributed by atoms with van der Waals surface area (Å²) < 4.78 is 12.8. The number of phenolic OH excluding ortho intramolecular Hbond substituents is 1. The van der Waals surface area contributed by atoms with Crippen molar-refractivity contribution in [3.05, 3.63) is 29.3 Å². The van der Waals surface area contributed by atoms with Crippen LogP contribution in [-0.4, -0.2) is 16.8 Å². The highest BCUT2D eigenvalue weighted by Gasteiger charge is 2.06. The molecule has 0 radical (unpaired) electrons. The number of alkyl halides is 1. The summed E-state index contributed by atoms with van der Waals surface area (Å²) in [6.07, 6.45) is -0.690. The van der Waals surface area contributed by atoms with E-state index in [9.17, 15) is 9.50 Å². The minimum Gasteiger partial charge on any atom is -0.508 e. The monoisotopic (exact) mass is 184 g/mol. The average Bonchev–Trinajstić information content (AvgIpc) is 2.08. The number of hydrogen-bond donors (Lipinski definition) is 2. The topological polar surface area (TPSA) is 40.5 Å². The molecule has 2 nitrogen and oxygen atoms in total. The van der Waals surface area contributed by atoms with E-state index < -0.39 is 6.17 Å². The molecule has 0 heterocycles. The van der Waals surface area contributed by atoms with Gasteiger partial charge in [-0.05, 0) is 36.6 Å². The molecule has 0 aliphatic rings. The lowest BCUT2D eigenvalue weighted by Gasteiger charge is -2.07. The first-order chi connectivity index (χ1) is 6.15. The van der Waals surface area contributed by atoms with Crippen molar-refractivity contribution >= 4 is 0 Å². The van der Waals surface area contributed by atoms with E-state index in [1.165, 1.54) is 13.0 Å². The maximum Gasteiger partial charge on any atom is 0.122 e. The highest BCUT2D eigenvalue weighted by atomic mass is 19.1. The zero-order valence-electron chi connectivity index (χ0n) is 7.50. The van der Waals surface area contributed by atoms with Crippen molar-refractivity contribution in [1.29, 1.82) is 0 Å². The van der Waals surface area contributed by atoms with Crippen LogP contribution in [0.3, 0.4) is 0 Å². The molecule has 0 fully saturated rings. The normalized spacial score (nSPS) is 12.8. The molecule has 72 valence electrons. The minimum absolute atomic E-state index is 0.0440. The van der Waals surface area contributed by atoms with Crippen LogP contribution >= 0.6 is 0 Å². The van der Waals surface area contributed by atoms with Gasteiger partial charge in [0.25, 0.3) is 0 Å². The molecule has 2 N–H and O–H groups in total. The highest BCUT2D eigenvalue weighted by molar-refractivity contribution is 5.37. The Bertz CT molecular complexity index is 284. The van der Waals surface area contributed by atoms with E-state index in [2.05, 4.69) is 0 Å². The van der Waals surface area contributed by atoms with Crippen molar-refractivity contribution in [2.24, 2.45) is 0 Å². The van der Waals surface area contributed by atoms with Gasteiger partial charge in [-0.3, -0.25) is 0 Å². The van der Waals surface area contributed by atoms with E-state index in [1.807, 2.05) is 0 Å². The number of phenols is 1. The van der Waals surface area contributed by atoms with Gasteiger partial charge >= 0.3 is 0 Å². The molecule has 0 amide bonds. The van der Waals surface area contributed by atoms with E-state index in [0.717, 1.165) is 0 Å². The third-order valence-electron chi connectivity index (χ3n) is 1.94. The Kier molecular flexibility index (Phi) is 3.25. The molecular formula is C10H13FO2. The Balaban J connectivity index is 2.97. The van der Waals surface area contributed by atoms with Crippen LogP contribution in [0, 0.1) is 0 Å². The van der Waals surface area contributed by atoms with Crippen LogP contribution in [0.2, 0.25) is 0 Å². The molecule has 0 aliphatic carbocycles. The molecular weight excluding hydrogens is 171 g/mol. The van der Waals surface area contributed by atoms with Crippen molar-refractivity contribution in [3.8, 4) is 5.75 Å². The molecule has 1 unspecified atom stereocenters. The van der Waals surface area contributed by atoms with Gasteiger partial charge in [0.2, 0.25) is 0 Å². The SMILES string of the molecule is CC(F)c1ccc(O)c(CCO)c1. The lowest BCUT2D eigenvalue weighted by atomic mass is 10.0. The van der Waals surface area contributed by atoms with E-state index in [0.29, 0.717) is 17.5 Å². The van der Waals surface area contributed by atoms with Gasteiger partial charge in [-0.1, -0.05) is 6.07 Å². The summed E-state index contributed by atoms with van der Waals surface area (Å²) >= 11 is 0. The zero-order chi connectivity index (χ0) is 9.84. The quantitative estimate of drug-likeness (QED) is 0.753. The van der Waals surface area contributed by atoms with Crippen molar-refractivity contribution in [1.82, 2.24) is 0 Å². The van der Waals surface area contributed by atoms with Crippen LogP contribution in [0.15, 0.2) is 18.2 Å². The molecule has 0 saturated heterocycles. The van der Waals surface area contributed by atoms with Gasteiger partial charge in [0, 0.05) is 6.61 Å². The fraction of sp³-hybridized carbons (Fsp3) is 0.400. The molecule has 1 rings (SSSR count). The third-order valence-corrected chi connectivity index (χ3v) is 1.94. The van der Waals surface area contributed by atoms with Gasteiger partial charge < -0.3 is 10.2 Å². The average molecular weight is 184 g/mol. The summed E-state index contributed by atoms with van der Waals surface area (Å²) in [5.74, 6) is 0.110. The second-order valence-electron chi connectivity index (χ2n) is 2.98. The summed E-state index contributed by atoms with van der Waals surface area (Å²) in [5.41, 5.74) is 1.12. The summed E-state index contributed by atoms with van der Waals surface area (Å²) in [6.45, 7) is 1.40. The van der Waals surface area contributed by atoms with Gasteiger partial charge in [0.05, 0.1) is 0 Å². The number of aromatic hydroxyl groups is 1. The summed E-state index contributed by atoms with van der Waals surface area (Å²) in [7, 11) is 0. The molecule has 0 saturated carbocycles. The Morgan fingerprint density at radius 1 is 1.46 bits per heavy atom. The second kappa shape index (κ2) is 4.23. The molecule has 1 aromatic carbocycles. The predicted octanol–water partition coefficient (Wildman–Crippen LogP) is 1.96.